The number of rotatable bonds is 8. The normalized spacial score (nSPS) is 10.2. The van der Waals surface area contributed by atoms with E-state index in [4.69, 9.17) is 21.1 Å². The molecular formula is C16H19ClN4O4. The van der Waals surface area contributed by atoms with Crippen molar-refractivity contribution >= 4 is 23.4 Å². The fourth-order valence-electron chi connectivity index (χ4n) is 1.94. The van der Waals surface area contributed by atoms with Gasteiger partial charge in [-0.3, -0.25) is 14.7 Å². The zero-order valence-corrected chi connectivity index (χ0v) is 14.6. The van der Waals surface area contributed by atoms with Crippen molar-refractivity contribution in [1.82, 2.24) is 20.8 Å². The monoisotopic (exact) mass is 366 g/mol. The molecule has 3 N–H and O–H groups in total. The summed E-state index contributed by atoms with van der Waals surface area (Å²) in [5, 5.41) is 12.3. The Hall–Kier alpha value is -2.74. The Balaban J connectivity index is 1.84. The first-order valence-corrected chi connectivity index (χ1v) is 7.90. The Kier molecular flexibility index (Phi) is 6.64. The van der Waals surface area contributed by atoms with Crippen molar-refractivity contribution < 1.29 is 19.1 Å². The van der Waals surface area contributed by atoms with Crippen LogP contribution in [0, 0.1) is 0 Å². The summed E-state index contributed by atoms with van der Waals surface area (Å²) in [7, 11) is 1.56. The first-order valence-electron chi connectivity index (χ1n) is 7.53. The average molecular weight is 367 g/mol. The molecule has 25 heavy (non-hydrogen) atoms. The van der Waals surface area contributed by atoms with E-state index in [0.717, 1.165) is 0 Å². The number of halogens is 1. The summed E-state index contributed by atoms with van der Waals surface area (Å²) in [6.45, 7) is 2.27. The minimum atomic E-state index is -0.338. The van der Waals surface area contributed by atoms with Crippen LogP contribution in [0.4, 0.5) is 0 Å². The second-order valence-electron chi connectivity index (χ2n) is 5.10. The molecule has 134 valence electrons. The molecule has 0 radical (unpaired) electrons. The standard InChI is InChI=1S/C16H19ClN4O4/c1-10(22)18-5-6-19-16(23)14-7-11(20-21-14)9-25-15-4-3-12(24-2)8-13(15)17/h3-4,7-8H,5-6,9H2,1-2H3,(H,18,22)(H,19,23)(H,20,21). The number of aromatic amines is 1. The van der Waals surface area contributed by atoms with Gasteiger partial charge in [-0.1, -0.05) is 11.6 Å². The van der Waals surface area contributed by atoms with Crippen LogP contribution in [0.3, 0.4) is 0 Å². The molecule has 0 aliphatic heterocycles. The lowest BCUT2D eigenvalue weighted by Gasteiger charge is -2.08. The Bertz CT molecular complexity index is 747. The third-order valence-corrected chi connectivity index (χ3v) is 3.47. The van der Waals surface area contributed by atoms with Crippen molar-refractivity contribution in [2.75, 3.05) is 20.2 Å². The highest BCUT2D eigenvalue weighted by Gasteiger charge is 2.11. The number of nitrogens with one attached hydrogen (secondary N) is 3. The number of nitrogens with zero attached hydrogens (tertiary/aromatic N) is 1. The number of ether oxygens (including phenoxy) is 2. The number of carbonyl (C=O) groups is 2. The van der Waals surface area contributed by atoms with E-state index in [2.05, 4.69) is 20.8 Å². The van der Waals surface area contributed by atoms with E-state index in [1.807, 2.05) is 0 Å². The summed E-state index contributed by atoms with van der Waals surface area (Å²) < 4.78 is 10.7. The van der Waals surface area contributed by atoms with Gasteiger partial charge in [0.2, 0.25) is 5.91 Å². The molecule has 2 amide bonds. The van der Waals surface area contributed by atoms with Crippen LogP contribution in [0.15, 0.2) is 24.3 Å². The van der Waals surface area contributed by atoms with Crippen molar-refractivity contribution in [1.29, 1.82) is 0 Å². The lowest BCUT2D eigenvalue weighted by atomic mass is 10.3. The maximum atomic E-state index is 11.9. The molecule has 0 unspecified atom stereocenters. The molecule has 0 bridgehead atoms. The zero-order valence-electron chi connectivity index (χ0n) is 13.9. The predicted molar refractivity (Wildman–Crippen MR) is 91.9 cm³/mol. The maximum Gasteiger partial charge on any atom is 0.271 e. The highest BCUT2D eigenvalue weighted by Crippen LogP contribution is 2.29. The Morgan fingerprint density at radius 2 is 2.00 bits per heavy atom. The lowest BCUT2D eigenvalue weighted by Crippen LogP contribution is -2.33. The molecule has 2 aromatic rings. The minimum absolute atomic E-state index is 0.148. The lowest BCUT2D eigenvalue weighted by molar-refractivity contribution is -0.118. The van der Waals surface area contributed by atoms with E-state index < -0.39 is 0 Å². The van der Waals surface area contributed by atoms with Gasteiger partial charge in [-0.15, -0.1) is 0 Å². The summed E-state index contributed by atoms with van der Waals surface area (Å²) in [5.74, 6) is 0.650. The number of hydrogen-bond donors (Lipinski definition) is 3. The van der Waals surface area contributed by atoms with E-state index in [0.29, 0.717) is 35.3 Å². The van der Waals surface area contributed by atoms with Gasteiger partial charge in [0.25, 0.3) is 5.91 Å². The number of hydrogen-bond acceptors (Lipinski definition) is 5. The van der Waals surface area contributed by atoms with Crippen LogP contribution in [0.1, 0.15) is 23.1 Å². The largest absolute Gasteiger partial charge is 0.497 e. The van der Waals surface area contributed by atoms with Gasteiger partial charge in [0.15, 0.2) is 0 Å². The quantitative estimate of drug-likeness (QED) is 0.614. The minimum Gasteiger partial charge on any atom is -0.497 e. The zero-order chi connectivity index (χ0) is 18.2. The second-order valence-corrected chi connectivity index (χ2v) is 5.51. The molecule has 1 aromatic carbocycles. The van der Waals surface area contributed by atoms with E-state index in [1.54, 1.807) is 31.4 Å². The van der Waals surface area contributed by atoms with Gasteiger partial charge < -0.3 is 20.1 Å². The van der Waals surface area contributed by atoms with Crippen molar-refractivity contribution in [3.05, 3.63) is 40.7 Å². The summed E-state index contributed by atoms with van der Waals surface area (Å²) >= 11 is 6.10. The van der Waals surface area contributed by atoms with E-state index in [1.165, 1.54) is 6.92 Å². The summed E-state index contributed by atoms with van der Waals surface area (Å²) in [4.78, 5) is 22.7. The van der Waals surface area contributed by atoms with Crippen molar-refractivity contribution in [3.8, 4) is 11.5 Å². The van der Waals surface area contributed by atoms with Crippen LogP contribution >= 0.6 is 11.6 Å². The number of H-pyrrole nitrogens is 1. The van der Waals surface area contributed by atoms with Crippen LogP contribution in [0.25, 0.3) is 0 Å². The molecule has 0 aliphatic rings. The van der Waals surface area contributed by atoms with Gasteiger partial charge in [-0.2, -0.15) is 5.10 Å². The molecule has 8 nitrogen and oxygen atoms in total. The van der Waals surface area contributed by atoms with E-state index >= 15 is 0 Å². The molecule has 2 rings (SSSR count). The molecule has 0 saturated heterocycles. The molecular weight excluding hydrogens is 348 g/mol. The third-order valence-electron chi connectivity index (χ3n) is 3.17. The highest BCUT2D eigenvalue weighted by molar-refractivity contribution is 6.32. The van der Waals surface area contributed by atoms with Crippen molar-refractivity contribution in [2.24, 2.45) is 0 Å². The Morgan fingerprint density at radius 1 is 1.24 bits per heavy atom. The number of benzene rings is 1. The van der Waals surface area contributed by atoms with Gasteiger partial charge in [0.05, 0.1) is 17.8 Å². The average Bonchev–Trinajstić information content (AvgIpc) is 3.06. The van der Waals surface area contributed by atoms with Gasteiger partial charge in [0.1, 0.15) is 23.8 Å². The number of amides is 2. The summed E-state index contributed by atoms with van der Waals surface area (Å²) in [6, 6.07) is 6.68. The van der Waals surface area contributed by atoms with Crippen LogP contribution in [0.5, 0.6) is 11.5 Å². The maximum absolute atomic E-state index is 11.9. The molecule has 9 heteroatoms. The summed E-state index contributed by atoms with van der Waals surface area (Å²) in [6.07, 6.45) is 0. The number of aromatic nitrogens is 2. The smallest absolute Gasteiger partial charge is 0.271 e. The van der Waals surface area contributed by atoms with E-state index in [-0.39, 0.29) is 24.1 Å². The molecule has 0 fully saturated rings. The summed E-state index contributed by atoms with van der Waals surface area (Å²) in [5.41, 5.74) is 0.862. The van der Waals surface area contributed by atoms with Gasteiger partial charge in [0, 0.05) is 26.1 Å². The molecule has 0 atom stereocenters. The molecule has 1 heterocycles. The third kappa shape index (κ3) is 5.68. The van der Waals surface area contributed by atoms with Crippen molar-refractivity contribution in [2.45, 2.75) is 13.5 Å². The number of methoxy groups -OCH3 is 1. The van der Waals surface area contributed by atoms with Crippen LogP contribution in [-0.4, -0.2) is 42.2 Å². The Morgan fingerprint density at radius 3 is 2.68 bits per heavy atom. The molecule has 1 aromatic heterocycles. The fraction of sp³-hybridized carbons (Fsp3) is 0.312. The van der Waals surface area contributed by atoms with Crippen LogP contribution in [0.2, 0.25) is 5.02 Å². The number of carbonyl (C=O) groups excluding carboxylic acids is 2. The van der Waals surface area contributed by atoms with Gasteiger partial charge in [-0.05, 0) is 18.2 Å². The van der Waals surface area contributed by atoms with Crippen molar-refractivity contribution in [3.63, 3.8) is 0 Å². The molecule has 0 saturated carbocycles. The first-order chi connectivity index (χ1) is 12.0. The topological polar surface area (TPSA) is 105 Å². The first kappa shape index (κ1) is 18.6. The van der Waals surface area contributed by atoms with Crippen LogP contribution < -0.4 is 20.1 Å². The van der Waals surface area contributed by atoms with Gasteiger partial charge >= 0.3 is 0 Å². The highest BCUT2D eigenvalue weighted by atomic mass is 35.5. The molecule has 0 spiro atoms. The predicted octanol–water partition coefficient (Wildman–Crippen LogP) is 1.52. The fourth-order valence-corrected chi connectivity index (χ4v) is 2.16. The van der Waals surface area contributed by atoms with Gasteiger partial charge in [-0.25, -0.2) is 0 Å². The SMILES string of the molecule is COc1ccc(OCc2cc(C(=O)NCCNC(C)=O)n[nH]2)c(Cl)c1. The molecule has 0 aliphatic carbocycles. The van der Waals surface area contributed by atoms with Crippen LogP contribution in [-0.2, 0) is 11.4 Å². The second kappa shape index (κ2) is 8.93. The van der Waals surface area contributed by atoms with E-state index in [9.17, 15) is 9.59 Å². The Labute approximate surface area is 149 Å².